The highest BCUT2D eigenvalue weighted by atomic mass is 16.8. The Morgan fingerprint density at radius 2 is 1.06 bits per heavy atom. The first-order chi connectivity index (χ1) is 24.9. The Bertz CT molecular complexity index is 1640. The molecule has 4 heterocycles. The molecule has 12 atom stereocenters. The molecule has 0 aromatic rings. The minimum absolute atomic E-state index is 0.0865. The molecule has 288 valence electrons. The summed E-state index contributed by atoms with van der Waals surface area (Å²) in [5.41, 5.74) is -3.98. The summed E-state index contributed by atoms with van der Waals surface area (Å²) in [6.07, 6.45) is 0.695. The highest BCUT2D eigenvalue weighted by Crippen LogP contribution is 2.65. The summed E-state index contributed by atoms with van der Waals surface area (Å²) in [5, 5.41) is 0. The van der Waals surface area contributed by atoms with E-state index in [2.05, 4.69) is 0 Å². The molecule has 0 bridgehead atoms. The van der Waals surface area contributed by atoms with Crippen LogP contribution in [0.4, 0.5) is 0 Å². The third-order valence-electron chi connectivity index (χ3n) is 13.6. The fourth-order valence-electron chi connectivity index (χ4n) is 9.15. The van der Waals surface area contributed by atoms with Crippen molar-refractivity contribution in [1.29, 1.82) is 0 Å². The Kier molecular flexibility index (Phi) is 9.82. The van der Waals surface area contributed by atoms with Crippen molar-refractivity contribution in [2.24, 2.45) is 22.7 Å². The zero-order valence-corrected chi connectivity index (χ0v) is 32.1. The number of aldehydes is 2. The normalized spacial score (nSPS) is 40.4. The number of hydrogen-bond donors (Lipinski definition) is 0. The van der Waals surface area contributed by atoms with E-state index in [0.717, 1.165) is 12.6 Å². The third-order valence-corrected chi connectivity index (χ3v) is 13.6. The first kappa shape index (κ1) is 38.8. The number of rotatable bonds is 12. The smallest absolute Gasteiger partial charge is 0.336 e. The summed E-state index contributed by atoms with van der Waals surface area (Å²) in [5.74, 6) is -3.39. The SMILES string of the molecule is C/C=C(/C)C(=O)OC(C1=C(C)C(=O)OC1OC1OC(=O)C(C)=C1C(OC(=O)/C(C)=C\C)[C@@]1(C)[C@H](C)CC[C@@H]2O[C@@]21C=O)[C@@]1(C)[C@H](C)CC[C@@H]2O[C@@]21C=O. The molecular weight excluding hydrogens is 688 g/mol. The van der Waals surface area contributed by atoms with Crippen molar-refractivity contribution in [3.8, 4) is 0 Å². The van der Waals surface area contributed by atoms with Crippen molar-refractivity contribution in [2.45, 2.75) is 143 Å². The lowest BCUT2D eigenvalue weighted by Gasteiger charge is -2.48. The lowest BCUT2D eigenvalue weighted by Crippen LogP contribution is -2.58. The lowest BCUT2D eigenvalue weighted by atomic mass is 9.57. The van der Waals surface area contributed by atoms with E-state index in [4.69, 9.17) is 33.2 Å². The molecule has 0 amide bonds. The molecule has 13 heteroatoms. The Balaban J connectivity index is 1.45. The maximum Gasteiger partial charge on any atom is 0.336 e. The van der Waals surface area contributed by atoms with Gasteiger partial charge in [-0.15, -0.1) is 0 Å². The molecule has 2 saturated carbocycles. The molecule has 0 spiro atoms. The molecule has 4 fully saturated rings. The van der Waals surface area contributed by atoms with Crippen LogP contribution in [0.1, 0.15) is 94.9 Å². The van der Waals surface area contributed by atoms with E-state index in [9.17, 15) is 28.8 Å². The molecule has 2 saturated heterocycles. The van der Waals surface area contributed by atoms with Gasteiger partial charge in [-0.3, -0.25) is 14.3 Å². The largest absolute Gasteiger partial charge is 0.453 e. The van der Waals surface area contributed by atoms with Crippen LogP contribution in [-0.2, 0) is 61.9 Å². The Labute approximate surface area is 309 Å². The second kappa shape index (κ2) is 13.4. The number of fused-ring (bicyclic) bond motifs is 2. The number of ether oxygens (including phenoxy) is 7. The van der Waals surface area contributed by atoms with Gasteiger partial charge in [0.25, 0.3) is 0 Å². The van der Waals surface area contributed by atoms with Crippen molar-refractivity contribution < 1.29 is 61.9 Å². The van der Waals surface area contributed by atoms with Crippen LogP contribution in [0.25, 0.3) is 0 Å². The average molecular weight is 739 g/mol. The monoisotopic (exact) mass is 738 g/mol. The van der Waals surface area contributed by atoms with Crippen molar-refractivity contribution in [3.63, 3.8) is 0 Å². The molecular formula is C40H50O13. The van der Waals surface area contributed by atoms with Crippen LogP contribution < -0.4 is 0 Å². The molecule has 53 heavy (non-hydrogen) atoms. The van der Waals surface area contributed by atoms with Crippen LogP contribution >= 0.6 is 0 Å². The van der Waals surface area contributed by atoms with E-state index >= 15 is 0 Å². The molecule has 2 aliphatic carbocycles. The van der Waals surface area contributed by atoms with E-state index in [1.54, 1.807) is 53.7 Å². The quantitative estimate of drug-likeness (QED) is 0.0887. The minimum atomic E-state index is -1.58. The second-order valence-corrected chi connectivity index (χ2v) is 15.8. The molecule has 6 aliphatic rings. The molecule has 0 N–H and O–H groups in total. The van der Waals surface area contributed by atoms with Crippen LogP contribution in [0.2, 0.25) is 0 Å². The molecule has 13 nitrogen and oxygen atoms in total. The standard InChI is InChI=1S/C40H50O13/c1-11-19(3)31(43)47-29(37(9)21(5)13-15-25-39(37,17-41)52-25)27-23(7)33(45)49-35(27)51-36-28(24(8)34(46)50-36)30(48-32(44)20(4)12-2)38(10)22(6)14-16-26-40(38,18-42)53-26/h11-12,17-18,21-22,25-26,29-30,35-36H,13-16H2,1-10H3/b19-11-,20-12-/t21-,22-,25+,26+,29?,30?,35?,36?,37-,38-,39+,40+/m1/s1. The summed E-state index contributed by atoms with van der Waals surface area (Å²) in [7, 11) is 0. The van der Waals surface area contributed by atoms with Gasteiger partial charge in [0.05, 0.1) is 12.2 Å². The molecule has 6 rings (SSSR count). The van der Waals surface area contributed by atoms with E-state index in [1.807, 2.05) is 13.8 Å². The number of carbonyl (C=O) groups excluding carboxylic acids is 6. The summed E-state index contributed by atoms with van der Waals surface area (Å²) in [4.78, 5) is 79.7. The Morgan fingerprint density at radius 1 is 0.698 bits per heavy atom. The lowest BCUT2D eigenvalue weighted by molar-refractivity contribution is -0.214. The number of epoxide rings is 2. The van der Waals surface area contributed by atoms with Gasteiger partial charge in [0.15, 0.2) is 23.8 Å². The fourth-order valence-corrected chi connectivity index (χ4v) is 9.15. The predicted molar refractivity (Wildman–Crippen MR) is 185 cm³/mol. The predicted octanol–water partition coefficient (Wildman–Crippen LogP) is 4.70. The van der Waals surface area contributed by atoms with Gasteiger partial charge in [0, 0.05) is 44.3 Å². The number of esters is 4. The number of cyclic esters (lactones) is 2. The maximum absolute atomic E-state index is 13.6. The zero-order valence-electron chi connectivity index (χ0n) is 32.1. The van der Waals surface area contributed by atoms with Crippen LogP contribution in [0, 0.1) is 22.7 Å². The van der Waals surface area contributed by atoms with Gasteiger partial charge in [-0.2, -0.15) is 0 Å². The van der Waals surface area contributed by atoms with Gasteiger partial charge in [-0.1, -0.05) is 39.8 Å². The number of hydrogen-bond acceptors (Lipinski definition) is 13. The molecule has 4 unspecified atom stereocenters. The average Bonchev–Trinajstić information content (AvgIpc) is 4.03. The van der Waals surface area contributed by atoms with E-state index < -0.39 is 82.9 Å². The topological polar surface area (TPSA) is 174 Å². The van der Waals surface area contributed by atoms with Gasteiger partial charge >= 0.3 is 23.9 Å². The van der Waals surface area contributed by atoms with Crippen molar-refractivity contribution in [2.75, 3.05) is 0 Å². The van der Waals surface area contributed by atoms with E-state index in [-0.39, 0.29) is 34.1 Å². The van der Waals surface area contributed by atoms with E-state index in [1.165, 1.54) is 13.8 Å². The first-order valence-electron chi connectivity index (χ1n) is 18.4. The molecule has 4 aliphatic heterocycles. The van der Waals surface area contributed by atoms with Crippen molar-refractivity contribution >= 4 is 36.4 Å². The minimum Gasteiger partial charge on any atom is -0.453 e. The summed E-state index contributed by atoms with van der Waals surface area (Å²) in [6, 6.07) is 0. The van der Waals surface area contributed by atoms with Gasteiger partial charge in [-0.25, -0.2) is 19.2 Å². The van der Waals surface area contributed by atoms with Gasteiger partial charge < -0.3 is 28.4 Å². The molecule has 0 aromatic heterocycles. The number of carbonyl (C=O) groups is 6. The van der Waals surface area contributed by atoms with Crippen LogP contribution in [0.3, 0.4) is 0 Å². The highest BCUT2D eigenvalue weighted by molar-refractivity contribution is 5.94. The van der Waals surface area contributed by atoms with Crippen LogP contribution in [-0.4, -0.2) is 84.6 Å². The fraction of sp³-hybridized carbons (Fsp3) is 0.650. The maximum atomic E-state index is 13.6. The van der Waals surface area contributed by atoms with Crippen molar-refractivity contribution in [1.82, 2.24) is 0 Å². The Morgan fingerprint density at radius 3 is 1.38 bits per heavy atom. The second-order valence-electron chi connectivity index (χ2n) is 15.8. The van der Waals surface area contributed by atoms with Crippen LogP contribution in [0.5, 0.6) is 0 Å². The summed E-state index contributed by atoms with van der Waals surface area (Å²) < 4.78 is 42.7. The van der Waals surface area contributed by atoms with Crippen molar-refractivity contribution in [3.05, 3.63) is 45.6 Å². The first-order valence-corrected chi connectivity index (χ1v) is 18.4. The zero-order chi connectivity index (χ0) is 39.0. The summed E-state index contributed by atoms with van der Waals surface area (Å²) >= 11 is 0. The molecule has 0 aromatic carbocycles. The third kappa shape index (κ3) is 5.51. The van der Waals surface area contributed by atoms with Crippen LogP contribution in [0.15, 0.2) is 45.6 Å². The van der Waals surface area contributed by atoms with Gasteiger partial charge in [0.2, 0.25) is 12.6 Å². The number of allylic oxidation sites excluding steroid dienone is 2. The molecule has 0 radical (unpaired) electrons. The van der Waals surface area contributed by atoms with E-state index in [0.29, 0.717) is 36.8 Å². The van der Waals surface area contributed by atoms with Gasteiger partial charge in [-0.05, 0) is 79.1 Å². The van der Waals surface area contributed by atoms with Gasteiger partial charge in [0.1, 0.15) is 12.2 Å². The summed E-state index contributed by atoms with van der Waals surface area (Å²) in [6.45, 7) is 17.0. The highest BCUT2D eigenvalue weighted by Gasteiger charge is 2.76. The Hall–Kier alpha value is -3.94.